The average Bonchev–Trinajstić information content (AvgIpc) is 2.78. The first-order valence-corrected chi connectivity index (χ1v) is 10.5. The summed E-state index contributed by atoms with van der Waals surface area (Å²) in [5.41, 5.74) is 0.699. The van der Waals surface area contributed by atoms with E-state index in [1.807, 2.05) is 6.92 Å². The lowest BCUT2D eigenvalue weighted by atomic mass is 9.44. The molecule has 0 bridgehead atoms. The molecule has 4 saturated carbocycles. The largest absolute Gasteiger partial charge is 0.393 e. The Morgan fingerprint density at radius 3 is 2.38 bits per heavy atom. The molecule has 0 spiro atoms. The summed E-state index contributed by atoms with van der Waals surface area (Å²) in [5.74, 6) is 4.44. The third kappa shape index (κ3) is 2.20. The summed E-state index contributed by atoms with van der Waals surface area (Å²) in [4.78, 5) is 12.4. The number of aliphatic hydroxyl groups excluding tert-OH is 1. The minimum absolute atomic E-state index is 0.0536. The first-order chi connectivity index (χ1) is 11.3. The predicted molar refractivity (Wildman–Crippen MR) is 96.5 cm³/mol. The lowest BCUT2D eigenvalue weighted by Gasteiger charge is -2.60. The maximum atomic E-state index is 12.4. The molecule has 24 heavy (non-hydrogen) atoms. The average molecular weight is 333 g/mol. The Balaban J connectivity index is 1.64. The van der Waals surface area contributed by atoms with Gasteiger partial charge in [0.05, 0.1) is 6.10 Å². The Labute approximate surface area is 147 Å². The maximum Gasteiger partial charge on any atom is 0.133 e. The van der Waals surface area contributed by atoms with Crippen molar-refractivity contribution in [3.63, 3.8) is 0 Å². The van der Waals surface area contributed by atoms with Gasteiger partial charge in [-0.05, 0) is 98.7 Å². The fourth-order valence-electron chi connectivity index (χ4n) is 8.46. The molecule has 0 saturated heterocycles. The normalized spacial score (nSPS) is 57.0. The lowest BCUT2D eigenvalue weighted by Crippen LogP contribution is -2.54. The SMILES string of the molecule is CC(=O)C1C(C)CC2C3CCC4CC(O)CCC4(C)C3CCC21C. The quantitative estimate of drug-likeness (QED) is 0.746. The van der Waals surface area contributed by atoms with E-state index in [-0.39, 0.29) is 11.5 Å². The zero-order valence-corrected chi connectivity index (χ0v) is 16.1. The van der Waals surface area contributed by atoms with Crippen molar-refractivity contribution in [3.05, 3.63) is 0 Å². The molecule has 9 unspecified atom stereocenters. The van der Waals surface area contributed by atoms with Crippen LogP contribution < -0.4 is 0 Å². The molecule has 4 aliphatic rings. The van der Waals surface area contributed by atoms with E-state index in [9.17, 15) is 9.90 Å². The van der Waals surface area contributed by atoms with Gasteiger partial charge in [0.15, 0.2) is 0 Å². The maximum absolute atomic E-state index is 12.4. The van der Waals surface area contributed by atoms with E-state index in [1.54, 1.807) is 0 Å². The van der Waals surface area contributed by atoms with Gasteiger partial charge in [-0.3, -0.25) is 4.79 Å². The Bertz CT molecular complexity index is 528. The smallest absolute Gasteiger partial charge is 0.133 e. The van der Waals surface area contributed by atoms with Crippen molar-refractivity contribution in [2.24, 2.45) is 46.3 Å². The molecule has 0 amide bonds. The minimum Gasteiger partial charge on any atom is -0.393 e. The van der Waals surface area contributed by atoms with Gasteiger partial charge in [-0.2, -0.15) is 0 Å². The summed E-state index contributed by atoms with van der Waals surface area (Å²) in [6.45, 7) is 9.16. The Kier molecular flexibility index (Phi) is 3.95. The van der Waals surface area contributed by atoms with Crippen molar-refractivity contribution in [1.29, 1.82) is 0 Å². The van der Waals surface area contributed by atoms with Gasteiger partial charge in [0.1, 0.15) is 5.78 Å². The van der Waals surface area contributed by atoms with Crippen LogP contribution in [0.3, 0.4) is 0 Å². The molecule has 0 radical (unpaired) electrons. The third-order valence-corrected chi connectivity index (χ3v) is 9.42. The molecule has 4 fully saturated rings. The highest BCUT2D eigenvalue weighted by atomic mass is 16.3. The summed E-state index contributed by atoms with van der Waals surface area (Å²) in [7, 11) is 0. The lowest BCUT2D eigenvalue weighted by molar-refractivity contribution is -0.139. The van der Waals surface area contributed by atoms with Gasteiger partial charge in [-0.25, -0.2) is 0 Å². The molecule has 0 aromatic heterocycles. The van der Waals surface area contributed by atoms with Gasteiger partial charge in [-0.15, -0.1) is 0 Å². The molecule has 4 aliphatic carbocycles. The number of fused-ring (bicyclic) bond motifs is 5. The predicted octanol–water partition coefficient (Wildman–Crippen LogP) is 4.84. The summed E-state index contributed by atoms with van der Waals surface area (Å²) in [6.07, 6.45) is 9.69. The number of hydrogen-bond acceptors (Lipinski definition) is 2. The van der Waals surface area contributed by atoms with E-state index in [1.165, 1.54) is 38.5 Å². The molecule has 0 heterocycles. The Hall–Kier alpha value is -0.370. The number of aliphatic hydroxyl groups is 1. The second-order valence-corrected chi connectivity index (χ2v) is 10.4. The van der Waals surface area contributed by atoms with E-state index < -0.39 is 0 Å². The Morgan fingerprint density at radius 2 is 1.67 bits per heavy atom. The van der Waals surface area contributed by atoms with E-state index in [2.05, 4.69) is 20.8 Å². The van der Waals surface area contributed by atoms with Gasteiger partial charge < -0.3 is 5.11 Å². The molecule has 136 valence electrons. The summed E-state index contributed by atoms with van der Waals surface area (Å²) in [6, 6.07) is 0. The highest BCUT2D eigenvalue weighted by Crippen LogP contribution is 2.68. The van der Waals surface area contributed by atoms with Gasteiger partial charge in [0, 0.05) is 5.92 Å². The van der Waals surface area contributed by atoms with Crippen molar-refractivity contribution < 1.29 is 9.90 Å². The molecule has 0 aliphatic heterocycles. The number of Topliss-reactive ketones (excluding diaryl/α,β-unsaturated/α-hetero) is 1. The van der Waals surface area contributed by atoms with Crippen LogP contribution in [0.4, 0.5) is 0 Å². The molecule has 1 N–H and O–H groups in total. The zero-order chi connectivity index (χ0) is 17.3. The van der Waals surface area contributed by atoms with Crippen LogP contribution in [0.2, 0.25) is 0 Å². The van der Waals surface area contributed by atoms with Crippen LogP contribution >= 0.6 is 0 Å². The van der Waals surface area contributed by atoms with E-state index >= 15 is 0 Å². The number of carbonyl (C=O) groups excluding carboxylic acids is 1. The molecule has 0 aromatic carbocycles. The van der Waals surface area contributed by atoms with Crippen molar-refractivity contribution in [2.45, 2.75) is 85.2 Å². The standard InChI is InChI=1S/C22H36O2/c1-13-11-19-17-6-5-15-12-16(24)7-9-21(15,3)18(17)8-10-22(19,4)20(13)14(2)23/h13,15-20,24H,5-12H2,1-4H3. The highest BCUT2D eigenvalue weighted by molar-refractivity contribution is 5.80. The molecule has 2 nitrogen and oxygen atoms in total. The molecule has 4 rings (SSSR count). The van der Waals surface area contributed by atoms with Crippen molar-refractivity contribution in [3.8, 4) is 0 Å². The second-order valence-electron chi connectivity index (χ2n) is 10.4. The third-order valence-electron chi connectivity index (χ3n) is 9.42. The highest BCUT2D eigenvalue weighted by Gasteiger charge is 2.62. The fourth-order valence-corrected chi connectivity index (χ4v) is 8.46. The minimum atomic E-state index is -0.0536. The van der Waals surface area contributed by atoms with Gasteiger partial charge in [0.25, 0.3) is 0 Å². The molecule has 0 aromatic rings. The number of hydrogen-bond donors (Lipinski definition) is 1. The van der Waals surface area contributed by atoms with E-state index in [4.69, 9.17) is 0 Å². The van der Waals surface area contributed by atoms with Gasteiger partial charge >= 0.3 is 0 Å². The van der Waals surface area contributed by atoms with Gasteiger partial charge in [-0.1, -0.05) is 20.8 Å². The summed E-state index contributed by atoms with van der Waals surface area (Å²) in [5, 5.41) is 10.1. The van der Waals surface area contributed by atoms with Crippen LogP contribution in [0.15, 0.2) is 0 Å². The van der Waals surface area contributed by atoms with Crippen LogP contribution in [0.1, 0.15) is 79.1 Å². The first kappa shape index (κ1) is 17.1. The van der Waals surface area contributed by atoms with Crippen LogP contribution in [0, 0.1) is 46.3 Å². The van der Waals surface area contributed by atoms with E-state index in [0.717, 1.165) is 36.5 Å². The van der Waals surface area contributed by atoms with Crippen molar-refractivity contribution in [2.75, 3.05) is 0 Å². The van der Waals surface area contributed by atoms with Gasteiger partial charge in [0.2, 0.25) is 0 Å². The molecular weight excluding hydrogens is 296 g/mol. The van der Waals surface area contributed by atoms with Crippen LogP contribution in [-0.2, 0) is 4.79 Å². The fraction of sp³-hybridized carbons (Fsp3) is 0.955. The van der Waals surface area contributed by atoms with E-state index in [0.29, 0.717) is 23.0 Å². The summed E-state index contributed by atoms with van der Waals surface area (Å²) < 4.78 is 0. The molecular formula is C22H36O2. The molecule has 9 atom stereocenters. The molecule has 2 heteroatoms. The topological polar surface area (TPSA) is 37.3 Å². The van der Waals surface area contributed by atoms with Crippen LogP contribution in [0.25, 0.3) is 0 Å². The first-order valence-electron chi connectivity index (χ1n) is 10.5. The second kappa shape index (κ2) is 5.56. The monoisotopic (exact) mass is 332 g/mol. The van der Waals surface area contributed by atoms with Crippen LogP contribution in [-0.4, -0.2) is 17.0 Å². The van der Waals surface area contributed by atoms with Crippen molar-refractivity contribution >= 4 is 5.78 Å². The summed E-state index contributed by atoms with van der Waals surface area (Å²) >= 11 is 0. The number of rotatable bonds is 1. The zero-order valence-electron chi connectivity index (χ0n) is 16.1. The van der Waals surface area contributed by atoms with Crippen LogP contribution in [0.5, 0.6) is 0 Å². The Morgan fingerprint density at radius 1 is 0.958 bits per heavy atom. The number of ketones is 1. The number of carbonyl (C=O) groups is 1. The van der Waals surface area contributed by atoms with Crippen molar-refractivity contribution in [1.82, 2.24) is 0 Å².